The lowest BCUT2D eigenvalue weighted by Gasteiger charge is -2.08. The number of carbonyl (C=O) groups is 2. The van der Waals surface area contributed by atoms with Crippen LogP contribution in [0.4, 0.5) is 4.79 Å². The summed E-state index contributed by atoms with van der Waals surface area (Å²) >= 11 is 0. The molecule has 0 aliphatic rings. The predicted octanol–water partition coefficient (Wildman–Crippen LogP) is 2.24. The number of urea groups is 1. The Morgan fingerprint density at radius 3 is 2.42 bits per heavy atom. The molecule has 0 heterocycles. The van der Waals surface area contributed by atoms with Crippen molar-refractivity contribution in [2.24, 2.45) is 5.73 Å². The van der Waals surface area contributed by atoms with Crippen molar-refractivity contribution in [2.45, 2.75) is 6.61 Å². The number of benzene rings is 2. The van der Waals surface area contributed by atoms with Gasteiger partial charge >= 0.3 is 6.03 Å². The van der Waals surface area contributed by atoms with E-state index in [0.717, 1.165) is 5.56 Å². The number of nitriles is 2. The predicted molar refractivity (Wildman–Crippen MR) is 93.2 cm³/mol. The van der Waals surface area contributed by atoms with E-state index in [0.29, 0.717) is 16.9 Å². The fourth-order valence-electron chi connectivity index (χ4n) is 2.07. The van der Waals surface area contributed by atoms with Gasteiger partial charge in [-0.2, -0.15) is 10.5 Å². The normalized spacial score (nSPS) is 10.3. The highest BCUT2D eigenvalue weighted by atomic mass is 16.5. The molecule has 0 bridgehead atoms. The molecule has 0 saturated carbocycles. The van der Waals surface area contributed by atoms with E-state index in [1.54, 1.807) is 42.5 Å². The Kier molecular flexibility index (Phi) is 6.08. The number of rotatable bonds is 5. The highest BCUT2D eigenvalue weighted by Gasteiger charge is 2.10. The van der Waals surface area contributed by atoms with Crippen LogP contribution in [0.3, 0.4) is 0 Å². The van der Waals surface area contributed by atoms with Crippen molar-refractivity contribution >= 4 is 18.0 Å². The van der Waals surface area contributed by atoms with Crippen molar-refractivity contribution < 1.29 is 14.3 Å². The second-order valence-corrected chi connectivity index (χ2v) is 5.11. The van der Waals surface area contributed by atoms with Gasteiger partial charge < -0.3 is 10.5 Å². The molecule has 0 aliphatic heterocycles. The maximum absolute atomic E-state index is 11.6. The molecule has 0 fully saturated rings. The summed E-state index contributed by atoms with van der Waals surface area (Å²) in [6.07, 6.45) is 1.33. The van der Waals surface area contributed by atoms with Gasteiger partial charge in [-0.3, -0.25) is 10.1 Å². The van der Waals surface area contributed by atoms with Crippen LogP contribution in [0.1, 0.15) is 16.7 Å². The van der Waals surface area contributed by atoms with Gasteiger partial charge in [0.05, 0.1) is 11.6 Å². The molecule has 0 saturated heterocycles. The molecule has 3 amide bonds. The van der Waals surface area contributed by atoms with E-state index < -0.39 is 11.9 Å². The zero-order valence-corrected chi connectivity index (χ0v) is 13.6. The van der Waals surface area contributed by atoms with E-state index in [4.69, 9.17) is 21.0 Å². The first-order valence-corrected chi connectivity index (χ1v) is 7.47. The molecule has 0 unspecified atom stereocenters. The first-order chi connectivity index (χ1) is 12.5. The first-order valence-electron chi connectivity index (χ1n) is 7.47. The van der Waals surface area contributed by atoms with Crippen molar-refractivity contribution in [3.63, 3.8) is 0 Å². The lowest BCUT2D eigenvalue weighted by molar-refractivity contribution is -0.115. The summed E-state index contributed by atoms with van der Waals surface area (Å²) in [7, 11) is 0. The van der Waals surface area contributed by atoms with Crippen LogP contribution in [0.25, 0.3) is 6.08 Å². The third kappa shape index (κ3) is 4.95. The minimum atomic E-state index is -1.03. The van der Waals surface area contributed by atoms with Gasteiger partial charge in [0, 0.05) is 5.56 Å². The van der Waals surface area contributed by atoms with Crippen LogP contribution in [0.2, 0.25) is 0 Å². The topological polar surface area (TPSA) is 129 Å². The molecule has 0 aromatic heterocycles. The summed E-state index contributed by atoms with van der Waals surface area (Å²) < 4.78 is 5.64. The highest BCUT2D eigenvalue weighted by molar-refractivity contribution is 6.08. The summed E-state index contributed by atoms with van der Waals surface area (Å²) in [5.74, 6) is -0.302. The summed E-state index contributed by atoms with van der Waals surface area (Å²) in [6, 6.07) is 16.6. The lowest BCUT2D eigenvalue weighted by Crippen LogP contribution is -2.35. The van der Waals surface area contributed by atoms with Gasteiger partial charge in [-0.25, -0.2) is 4.79 Å². The number of imide groups is 1. The van der Waals surface area contributed by atoms with Gasteiger partial charge in [-0.05, 0) is 29.8 Å². The minimum absolute atomic E-state index is 0.239. The van der Waals surface area contributed by atoms with Crippen molar-refractivity contribution in [2.75, 3.05) is 0 Å². The number of primary amides is 1. The van der Waals surface area contributed by atoms with E-state index in [-0.39, 0.29) is 12.2 Å². The van der Waals surface area contributed by atoms with Gasteiger partial charge in [0.2, 0.25) is 0 Å². The van der Waals surface area contributed by atoms with Crippen molar-refractivity contribution in [1.82, 2.24) is 5.32 Å². The second-order valence-electron chi connectivity index (χ2n) is 5.11. The molecule has 26 heavy (non-hydrogen) atoms. The fourth-order valence-corrected chi connectivity index (χ4v) is 2.07. The average molecular weight is 346 g/mol. The Balaban J connectivity index is 2.07. The number of nitrogens with one attached hydrogen (secondary N) is 1. The molecule has 0 aliphatic carbocycles. The maximum atomic E-state index is 11.6. The van der Waals surface area contributed by atoms with E-state index in [2.05, 4.69) is 6.07 Å². The fraction of sp³-hybridized carbons (Fsp3) is 0.0526. The van der Waals surface area contributed by atoms with E-state index in [9.17, 15) is 9.59 Å². The van der Waals surface area contributed by atoms with Crippen LogP contribution in [-0.2, 0) is 11.4 Å². The number of nitrogens with two attached hydrogens (primary N) is 1. The van der Waals surface area contributed by atoms with E-state index >= 15 is 0 Å². The molecule has 7 heteroatoms. The number of hydrogen-bond acceptors (Lipinski definition) is 5. The molecule has 0 atom stereocenters. The second kappa shape index (κ2) is 8.67. The Labute approximate surface area is 149 Å². The van der Waals surface area contributed by atoms with Gasteiger partial charge in [-0.15, -0.1) is 0 Å². The molecule has 2 rings (SSSR count). The largest absolute Gasteiger partial charge is 0.489 e. The standard InChI is InChI=1S/C19H14N4O3/c20-10-14-3-1-2-4-15(14)12-26-17-7-5-13(6-8-17)9-16(11-21)18(24)23-19(22)25/h1-9H,12H2,(H3,22,23,24,25)/b16-9-. The summed E-state index contributed by atoms with van der Waals surface area (Å²) in [6.45, 7) is 0.239. The van der Waals surface area contributed by atoms with E-state index in [1.165, 1.54) is 6.08 Å². The van der Waals surface area contributed by atoms with Gasteiger partial charge in [0.15, 0.2) is 0 Å². The number of ether oxygens (including phenoxy) is 1. The van der Waals surface area contributed by atoms with Crippen LogP contribution in [0, 0.1) is 22.7 Å². The Morgan fingerprint density at radius 2 is 1.81 bits per heavy atom. The summed E-state index contributed by atoms with van der Waals surface area (Å²) in [5, 5.41) is 19.9. The van der Waals surface area contributed by atoms with Gasteiger partial charge in [0.25, 0.3) is 5.91 Å². The monoisotopic (exact) mass is 346 g/mol. The Bertz CT molecular complexity index is 934. The molecule has 7 nitrogen and oxygen atoms in total. The molecular weight excluding hydrogens is 332 g/mol. The molecule has 0 radical (unpaired) electrons. The molecule has 128 valence electrons. The molecule has 2 aromatic rings. The SMILES string of the molecule is N#C/C(=C/c1ccc(OCc2ccccc2C#N)cc1)C(=O)NC(N)=O. The van der Waals surface area contributed by atoms with Crippen LogP contribution >= 0.6 is 0 Å². The highest BCUT2D eigenvalue weighted by Crippen LogP contribution is 2.17. The lowest BCUT2D eigenvalue weighted by atomic mass is 10.1. The van der Waals surface area contributed by atoms with E-state index in [1.807, 2.05) is 17.4 Å². The maximum Gasteiger partial charge on any atom is 0.319 e. The van der Waals surface area contributed by atoms with Crippen LogP contribution in [-0.4, -0.2) is 11.9 Å². The Morgan fingerprint density at radius 1 is 1.12 bits per heavy atom. The molecule has 2 aromatic carbocycles. The minimum Gasteiger partial charge on any atom is -0.489 e. The van der Waals surface area contributed by atoms with Crippen molar-refractivity contribution in [3.05, 3.63) is 70.8 Å². The van der Waals surface area contributed by atoms with Gasteiger partial charge in [-0.1, -0.05) is 30.3 Å². The molecule has 0 spiro atoms. The van der Waals surface area contributed by atoms with Crippen LogP contribution in [0.15, 0.2) is 54.1 Å². The van der Waals surface area contributed by atoms with Gasteiger partial charge in [0.1, 0.15) is 24.0 Å². The third-order valence-electron chi connectivity index (χ3n) is 3.33. The number of hydrogen-bond donors (Lipinski definition) is 2. The Hall–Kier alpha value is -4.10. The molecular formula is C19H14N4O3. The zero-order chi connectivity index (χ0) is 18.9. The molecule has 3 N–H and O–H groups in total. The number of carbonyl (C=O) groups excluding carboxylic acids is 2. The van der Waals surface area contributed by atoms with Crippen molar-refractivity contribution in [1.29, 1.82) is 10.5 Å². The van der Waals surface area contributed by atoms with Crippen LogP contribution < -0.4 is 15.8 Å². The third-order valence-corrected chi connectivity index (χ3v) is 3.33. The smallest absolute Gasteiger partial charge is 0.319 e. The quantitative estimate of drug-likeness (QED) is 0.633. The first kappa shape index (κ1) is 18.2. The van der Waals surface area contributed by atoms with Crippen LogP contribution in [0.5, 0.6) is 5.75 Å². The van der Waals surface area contributed by atoms with Crippen molar-refractivity contribution in [3.8, 4) is 17.9 Å². The zero-order valence-electron chi connectivity index (χ0n) is 13.6. The number of nitrogens with zero attached hydrogens (tertiary/aromatic N) is 2. The number of amides is 3. The summed E-state index contributed by atoms with van der Waals surface area (Å²) in [5.41, 5.74) is 6.50. The summed E-state index contributed by atoms with van der Waals surface area (Å²) in [4.78, 5) is 22.3. The average Bonchev–Trinajstić information content (AvgIpc) is 2.65.